The molecule has 2 rings (SSSR count). The van der Waals surface area contributed by atoms with Crippen LogP contribution in [0.3, 0.4) is 0 Å². The summed E-state index contributed by atoms with van der Waals surface area (Å²) in [5.74, 6) is 1.74. The molecule has 0 radical (unpaired) electrons. The highest BCUT2D eigenvalue weighted by Gasteiger charge is 2.39. The molecule has 0 unspecified atom stereocenters. The highest BCUT2D eigenvalue weighted by Crippen LogP contribution is 2.40. The minimum Gasteiger partial charge on any atom is -0.370 e. The number of rotatable bonds is 6. The minimum absolute atomic E-state index is 0.130. The molecule has 2 heteroatoms. The monoisotopic (exact) mass is 281 g/mol. The van der Waals surface area contributed by atoms with Gasteiger partial charge in [-0.15, -0.1) is 0 Å². The van der Waals surface area contributed by atoms with E-state index in [0.29, 0.717) is 12.1 Å². The topological polar surface area (TPSA) is 21.3 Å². The molecule has 1 N–H and O–H groups in total. The Morgan fingerprint density at radius 3 is 2.10 bits per heavy atom. The second-order valence-corrected chi connectivity index (χ2v) is 7.82. The molecule has 0 aliphatic heterocycles. The largest absolute Gasteiger partial charge is 0.370 e. The van der Waals surface area contributed by atoms with Crippen LogP contribution >= 0.6 is 0 Å². The maximum Gasteiger partial charge on any atom is 0.0810 e. The third kappa shape index (κ3) is 4.46. The average molecular weight is 281 g/mol. The standard InChI is InChI=1S/C18H35NO/c1-14(2)16-9-11-18(12-10-16,13-19-15(3)4)20-17-7-5-6-8-17/h14-17,19H,5-13H2,1-4H3. The molecule has 2 fully saturated rings. The van der Waals surface area contributed by atoms with Gasteiger partial charge in [0.05, 0.1) is 11.7 Å². The summed E-state index contributed by atoms with van der Waals surface area (Å²) in [5.41, 5.74) is 0.130. The fourth-order valence-electron chi connectivity index (χ4n) is 3.92. The van der Waals surface area contributed by atoms with Crippen molar-refractivity contribution in [3.63, 3.8) is 0 Å². The maximum absolute atomic E-state index is 6.66. The second-order valence-electron chi connectivity index (χ2n) is 7.82. The predicted octanol–water partition coefficient (Wildman–Crippen LogP) is 4.53. The molecule has 0 aromatic rings. The van der Waals surface area contributed by atoms with Crippen LogP contribution in [0.2, 0.25) is 0 Å². The third-order valence-electron chi connectivity index (χ3n) is 5.44. The SMILES string of the molecule is CC(C)NCC1(OC2CCCC2)CCC(C(C)C)CC1. The van der Waals surface area contributed by atoms with Crippen molar-refractivity contribution in [3.05, 3.63) is 0 Å². The van der Waals surface area contributed by atoms with Gasteiger partial charge in [-0.25, -0.2) is 0 Å². The highest BCUT2D eigenvalue weighted by molar-refractivity contribution is 4.92. The van der Waals surface area contributed by atoms with E-state index in [0.717, 1.165) is 18.4 Å². The van der Waals surface area contributed by atoms with Crippen molar-refractivity contribution in [3.8, 4) is 0 Å². The smallest absolute Gasteiger partial charge is 0.0810 e. The van der Waals surface area contributed by atoms with Gasteiger partial charge < -0.3 is 10.1 Å². The van der Waals surface area contributed by atoms with Crippen molar-refractivity contribution >= 4 is 0 Å². The molecule has 2 aliphatic carbocycles. The van der Waals surface area contributed by atoms with Gasteiger partial charge >= 0.3 is 0 Å². The summed E-state index contributed by atoms with van der Waals surface area (Å²) >= 11 is 0. The fourth-order valence-corrected chi connectivity index (χ4v) is 3.92. The first-order chi connectivity index (χ1) is 9.51. The first-order valence-corrected chi connectivity index (χ1v) is 8.92. The van der Waals surface area contributed by atoms with Crippen molar-refractivity contribution in [2.75, 3.05) is 6.54 Å². The van der Waals surface area contributed by atoms with E-state index in [1.807, 2.05) is 0 Å². The number of hydrogen-bond donors (Lipinski definition) is 1. The Morgan fingerprint density at radius 1 is 1.00 bits per heavy atom. The van der Waals surface area contributed by atoms with Crippen molar-refractivity contribution in [1.29, 1.82) is 0 Å². The van der Waals surface area contributed by atoms with Crippen LogP contribution in [0, 0.1) is 11.8 Å². The van der Waals surface area contributed by atoms with Crippen molar-refractivity contribution in [1.82, 2.24) is 5.32 Å². The summed E-state index contributed by atoms with van der Waals surface area (Å²) in [5, 5.41) is 3.65. The molecule has 20 heavy (non-hydrogen) atoms. The molecule has 0 bridgehead atoms. The molecule has 2 aliphatic rings. The van der Waals surface area contributed by atoms with Gasteiger partial charge in [-0.05, 0) is 50.4 Å². The summed E-state index contributed by atoms with van der Waals surface area (Å²) in [6.45, 7) is 10.3. The normalized spacial score (nSPS) is 32.4. The zero-order valence-electron chi connectivity index (χ0n) is 14.1. The molecule has 118 valence electrons. The fraction of sp³-hybridized carbons (Fsp3) is 1.00. The van der Waals surface area contributed by atoms with Gasteiger partial charge in [-0.3, -0.25) is 0 Å². The highest BCUT2D eigenvalue weighted by atomic mass is 16.5. The molecule has 0 heterocycles. The molecular formula is C18H35NO. The van der Waals surface area contributed by atoms with Crippen LogP contribution in [-0.4, -0.2) is 24.3 Å². The molecule has 0 amide bonds. The minimum atomic E-state index is 0.130. The zero-order valence-corrected chi connectivity index (χ0v) is 14.1. The summed E-state index contributed by atoms with van der Waals surface area (Å²) in [6.07, 6.45) is 11.1. The summed E-state index contributed by atoms with van der Waals surface area (Å²) < 4.78 is 6.66. The molecule has 0 saturated heterocycles. The van der Waals surface area contributed by atoms with Gasteiger partial charge in [-0.2, -0.15) is 0 Å². The van der Waals surface area contributed by atoms with Crippen LogP contribution in [0.15, 0.2) is 0 Å². The van der Waals surface area contributed by atoms with Crippen LogP contribution in [0.5, 0.6) is 0 Å². The van der Waals surface area contributed by atoms with Crippen LogP contribution < -0.4 is 5.32 Å². The zero-order chi connectivity index (χ0) is 14.6. The molecule has 0 spiro atoms. The Hall–Kier alpha value is -0.0800. The van der Waals surface area contributed by atoms with E-state index in [4.69, 9.17) is 4.74 Å². The van der Waals surface area contributed by atoms with E-state index < -0.39 is 0 Å². The Kier molecular flexibility index (Phi) is 5.92. The maximum atomic E-state index is 6.66. The second kappa shape index (κ2) is 7.26. The lowest BCUT2D eigenvalue weighted by Gasteiger charge is -2.43. The number of ether oxygens (including phenoxy) is 1. The number of hydrogen-bond acceptors (Lipinski definition) is 2. The summed E-state index contributed by atoms with van der Waals surface area (Å²) in [7, 11) is 0. The Morgan fingerprint density at radius 2 is 1.60 bits per heavy atom. The third-order valence-corrected chi connectivity index (χ3v) is 5.44. The van der Waals surface area contributed by atoms with Gasteiger partial charge in [0.25, 0.3) is 0 Å². The molecule has 0 atom stereocenters. The Labute approximate surface area is 126 Å². The molecule has 2 saturated carbocycles. The van der Waals surface area contributed by atoms with Gasteiger partial charge in [-0.1, -0.05) is 40.5 Å². The van der Waals surface area contributed by atoms with Crippen LogP contribution in [-0.2, 0) is 4.74 Å². The number of nitrogens with one attached hydrogen (secondary N) is 1. The molecule has 0 aromatic heterocycles. The van der Waals surface area contributed by atoms with Crippen molar-refractivity contribution in [2.45, 2.75) is 96.8 Å². The van der Waals surface area contributed by atoms with E-state index in [1.54, 1.807) is 0 Å². The van der Waals surface area contributed by atoms with E-state index in [9.17, 15) is 0 Å². The van der Waals surface area contributed by atoms with Crippen LogP contribution in [0.25, 0.3) is 0 Å². The quantitative estimate of drug-likeness (QED) is 0.772. The van der Waals surface area contributed by atoms with Gasteiger partial charge in [0, 0.05) is 12.6 Å². The van der Waals surface area contributed by atoms with Crippen molar-refractivity contribution < 1.29 is 4.74 Å². The van der Waals surface area contributed by atoms with Gasteiger partial charge in [0.15, 0.2) is 0 Å². The first kappa shape index (κ1) is 16.3. The van der Waals surface area contributed by atoms with Gasteiger partial charge in [0.1, 0.15) is 0 Å². The summed E-state index contributed by atoms with van der Waals surface area (Å²) in [4.78, 5) is 0. The van der Waals surface area contributed by atoms with Crippen LogP contribution in [0.4, 0.5) is 0 Å². The van der Waals surface area contributed by atoms with E-state index in [-0.39, 0.29) is 5.60 Å². The van der Waals surface area contributed by atoms with E-state index >= 15 is 0 Å². The lowest BCUT2D eigenvalue weighted by Crippen LogP contribution is -2.49. The molecule has 0 aromatic carbocycles. The van der Waals surface area contributed by atoms with Crippen molar-refractivity contribution in [2.24, 2.45) is 11.8 Å². The Bertz CT molecular complexity index is 273. The molecular weight excluding hydrogens is 246 g/mol. The Balaban J connectivity index is 1.93. The van der Waals surface area contributed by atoms with E-state index in [2.05, 4.69) is 33.0 Å². The summed E-state index contributed by atoms with van der Waals surface area (Å²) in [6, 6.07) is 0.557. The van der Waals surface area contributed by atoms with Gasteiger partial charge in [0.2, 0.25) is 0 Å². The molecule has 2 nitrogen and oxygen atoms in total. The van der Waals surface area contributed by atoms with E-state index in [1.165, 1.54) is 51.4 Å². The predicted molar refractivity (Wildman–Crippen MR) is 86.0 cm³/mol. The lowest BCUT2D eigenvalue weighted by molar-refractivity contribution is -0.118. The average Bonchev–Trinajstić information content (AvgIpc) is 2.90. The van der Waals surface area contributed by atoms with Crippen LogP contribution in [0.1, 0.15) is 79.1 Å². The first-order valence-electron chi connectivity index (χ1n) is 8.92. The lowest BCUT2D eigenvalue weighted by atomic mass is 9.74.